The lowest BCUT2D eigenvalue weighted by atomic mass is 10.1. The summed E-state index contributed by atoms with van der Waals surface area (Å²) in [6, 6.07) is 33.2. The molecule has 3 aromatic heterocycles. The van der Waals surface area contributed by atoms with Crippen LogP contribution in [-0.4, -0.2) is 27.7 Å². The molecular formula is C33H31N3OSi. The summed E-state index contributed by atoms with van der Waals surface area (Å²) in [5.74, 6) is 0.702. The van der Waals surface area contributed by atoms with E-state index in [4.69, 9.17) is 9.97 Å². The van der Waals surface area contributed by atoms with Crippen LogP contribution in [0.15, 0.2) is 103 Å². The van der Waals surface area contributed by atoms with E-state index in [1.54, 1.807) is 6.07 Å². The number of benzene rings is 3. The van der Waals surface area contributed by atoms with Gasteiger partial charge < -0.3 is 5.11 Å². The van der Waals surface area contributed by atoms with Gasteiger partial charge in [-0.05, 0) is 53.9 Å². The van der Waals surface area contributed by atoms with Crippen molar-refractivity contribution in [1.29, 1.82) is 0 Å². The number of pyridine rings is 2. The molecule has 6 aromatic rings. The lowest BCUT2D eigenvalue weighted by Crippen LogP contribution is -2.54. The van der Waals surface area contributed by atoms with Crippen LogP contribution in [0, 0.1) is 0 Å². The Bertz CT molecular complexity index is 1800. The highest BCUT2D eigenvalue weighted by Crippen LogP contribution is 2.35. The third-order valence-corrected chi connectivity index (χ3v) is 10.9. The fourth-order valence-electron chi connectivity index (χ4n) is 5.26. The largest absolute Gasteiger partial charge is 0.506 e. The van der Waals surface area contributed by atoms with Crippen molar-refractivity contribution in [2.75, 3.05) is 0 Å². The molecule has 0 aliphatic rings. The maximum absolute atomic E-state index is 10.7. The molecule has 1 N–H and O–H groups in total. The minimum Gasteiger partial charge on any atom is -0.506 e. The van der Waals surface area contributed by atoms with Crippen molar-refractivity contribution in [1.82, 2.24) is 14.5 Å². The van der Waals surface area contributed by atoms with Gasteiger partial charge in [0.15, 0.2) is 0 Å². The molecule has 3 aromatic carbocycles. The first kappa shape index (κ1) is 24.1. The van der Waals surface area contributed by atoms with E-state index in [1.807, 2.05) is 36.5 Å². The average molecular weight is 514 g/mol. The van der Waals surface area contributed by atoms with Crippen LogP contribution in [0.4, 0.5) is 0 Å². The second-order valence-electron chi connectivity index (χ2n) is 10.7. The van der Waals surface area contributed by atoms with Crippen LogP contribution in [0.25, 0.3) is 38.9 Å². The SMILES string of the molecule is CC(C)c1ccnc([Si](C)(C)c2cccc(-c3ccc4c5ccccc5n(-c5ccccc5O)c4n3)c2)c1. The summed E-state index contributed by atoms with van der Waals surface area (Å²) in [6.07, 6.45) is 1.95. The summed E-state index contributed by atoms with van der Waals surface area (Å²) in [7, 11) is -2.03. The predicted octanol–water partition coefficient (Wildman–Crippen LogP) is 6.89. The number of rotatable bonds is 5. The molecule has 0 spiro atoms. The summed E-state index contributed by atoms with van der Waals surface area (Å²) >= 11 is 0. The van der Waals surface area contributed by atoms with Gasteiger partial charge >= 0.3 is 0 Å². The Morgan fingerprint density at radius 2 is 1.58 bits per heavy atom. The number of phenolic OH excluding ortho intramolecular Hbond substituents is 1. The van der Waals surface area contributed by atoms with Gasteiger partial charge in [0.2, 0.25) is 0 Å². The van der Waals surface area contributed by atoms with Crippen LogP contribution in [0.3, 0.4) is 0 Å². The fraction of sp³-hybridized carbons (Fsp3) is 0.152. The Balaban J connectivity index is 1.51. The first-order valence-electron chi connectivity index (χ1n) is 13.1. The third-order valence-electron chi connectivity index (χ3n) is 7.62. The molecule has 0 bridgehead atoms. The van der Waals surface area contributed by atoms with E-state index in [0.29, 0.717) is 5.92 Å². The van der Waals surface area contributed by atoms with Crippen LogP contribution in [0.2, 0.25) is 13.1 Å². The molecule has 4 nitrogen and oxygen atoms in total. The van der Waals surface area contributed by atoms with Gasteiger partial charge in [0.25, 0.3) is 0 Å². The minimum absolute atomic E-state index is 0.230. The molecule has 0 amide bonds. The van der Waals surface area contributed by atoms with Crippen molar-refractivity contribution in [2.45, 2.75) is 32.9 Å². The summed E-state index contributed by atoms with van der Waals surface area (Å²) in [4.78, 5) is 9.99. The normalized spacial score (nSPS) is 12.0. The highest BCUT2D eigenvalue weighted by Gasteiger charge is 2.28. The standard InChI is InChI=1S/C33H31N3OSi/c1-22(2)23-18-19-34-32(21-23)38(3,4)25-11-9-10-24(20-25)28-17-16-27-26-12-5-6-13-29(26)36(33(27)35-28)30-14-7-8-15-31(30)37/h5-22,37H,1-4H3. The van der Waals surface area contributed by atoms with Crippen molar-refractivity contribution in [2.24, 2.45) is 0 Å². The zero-order chi connectivity index (χ0) is 26.4. The van der Waals surface area contributed by atoms with Crippen molar-refractivity contribution < 1.29 is 5.11 Å². The average Bonchev–Trinajstić information content (AvgIpc) is 3.27. The molecule has 0 unspecified atom stereocenters. The monoisotopic (exact) mass is 513 g/mol. The molecule has 5 heteroatoms. The van der Waals surface area contributed by atoms with Crippen LogP contribution >= 0.6 is 0 Å². The molecule has 0 aliphatic carbocycles. The first-order chi connectivity index (χ1) is 18.3. The molecule has 3 heterocycles. The Morgan fingerprint density at radius 3 is 2.39 bits per heavy atom. The Labute approximate surface area is 224 Å². The number of aromatic nitrogens is 3. The van der Waals surface area contributed by atoms with E-state index in [0.717, 1.165) is 38.9 Å². The van der Waals surface area contributed by atoms with E-state index in [1.165, 1.54) is 16.1 Å². The molecule has 188 valence electrons. The Kier molecular flexibility index (Phi) is 5.88. The van der Waals surface area contributed by atoms with Gasteiger partial charge in [-0.15, -0.1) is 0 Å². The van der Waals surface area contributed by atoms with Gasteiger partial charge in [0.1, 0.15) is 19.5 Å². The van der Waals surface area contributed by atoms with Gasteiger partial charge in [-0.3, -0.25) is 9.55 Å². The summed E-state index contributed by atoms with van der Waals surface area (Å²) in [5, 5.41) is 15.4. The summed E-state index contributed by atoms with van der Waals surface area (Å²) < 4.78 is 2.06. The summed E-state index contributed by atoms with van der Waals surface area (Å²) in [6.45, 7) is 9.19. The number of hydrogen-bond acceptors (Lipinski definition) is 3. The van der Waals surface area contributed by atoms with Crippen molar-refractivity contribution in [3.63, 3.8) is 0 Å². The zero-order valence-electron chi connectivity index (χ0n) is 22.2. The predicted molar refractivity (Wildman–Crippen MR) is 161 cm³/mol. The van der Waals surface area contributed by atoms with Crippen molar-refractivity contribution in [3.8, 4) is 22.7 Å². The number of aromatic hydroxyl groups is 1. The number of hydrogen-bond donors (Lipinski definition) is 1. The van der Waals surface area contributed by atoms with Crippen LogP contribution in [0.1, 0.15) is 25.3 Å². The minimum atomic E-state index is -2.03. The third kappa shape index (κ3) is 4.00. The van der Waals surface area contributed by atoms with Gasteiger partial charge in [-0.1, -0.05) is 86.7 Å². The smallest absolute Gasteiger partial charge is 0.146 e. The number of phenols is 1. The molecule has 0 fully saturated rings. The topological polar surface area (TPSA) is 50.9 Å². The lowest BCUT2D eigenvalue weighted by Gasteiger charge is -2.24. The molecule has 0 atom stereocenters. The number of fused-ring (bicyclic) bond motifs is 3. The molecule has 6 rings (SSSR count). The lowest BCUT2D eigenvalue weighted by molar-refractivity contribution is 0.473. The van der Waals surface area contributed by atoms with Crippen LogP contribution in [-0.2, 0) is 0 Å². The number of para-hydroxylation sites is 3. The molecule has 0 radical (unpaired) electrons. The van der Waals surface area contributed by atoms with Crippen molar-refractivity contribution >= 4 is 40.5 Å². The first-order valence-corrected chi connectivity index (χ1v) is 16.1. The summed E-state index contributed by atoms with van der Waals surface area (Å²) in [5.41, 5.74) is 5.90. The number of nitrogens with zero attached hydrogens (tertiary/aromatic N) is 3. The van der Waals surface area contributed by atoms with E-state index in [-0.39, 0.29) is 5.75 Å². The molecule has 0 aliphatic heterocycles. The quantitative estimate of drug-likeness (QED) is 0.255. The highest BCUT2D eigenvalue weighted by atomic mass is 28.3. The second-order valence-corrected chi connectivity index (χ2v) is 15.1. The van der Waals surface area contributed by atoms with E-state index < -0.39 is 8.07 Å². The van der Waals surface area contributed by atoms with Gasteiger partial charge in [-0.2, -0.15) is 0 Å². The van der Waals surface area contributed by atoms with Gasteiger partial charge in [0, 0.05) is 27.8 Å². The van der Waals surface area contributed by atoms with E-state index in [2.05, 4.69) is 92.2 Å². The Morgan fingerprint density at radius 1 is 0.789 bits per heavy atom. The van der Waals surface area contributed by atoms with E-state index >= 15 is 0 Å². The second kappa shape index (κ2) is 9.26. The Hall–Kier alpha value is -4.22. The van der Waals surface area contributed by atoms with Gasteiger partial charge in [0.05, 0.1) is 16.9 Å². The molecule has 0 saturated carbocycles. The highest BCUT2D eigenvalue weighted by molar-refractivity contribution is 7.00. The fourth-order valence-corrected chi connectivity index (χ4v) is 7.51. The maximum atomic E-state index is 10.7. The van der Waals surface area contributed by atoms with E-state index in [9.17, 15) is 5.11 Å². The zero-order valence-corrected chi connectivity index (χ0v) is 23.2. The molecule has 0 saturated heterocycles. The van der Waals surface area contributed by atoms with Crippen LogP contribution < -0.4 is 10.5 Å². The van der Waals surface area contributed by atoms with Crippen LogP contribution in [0.5, 0.6) is 5.75 Å². The van der Waals surface area contributed by atoms with Crippen molar-refractivity contribution in [3.05, 3.63) is 109 Å². The van der Waals surface area contributed by atoms with Gasteiger partial charge in [-0.25, -0.2) is 4.98 Å². The molecular weight excluding hydrogens is 482 g/mol. The molecule has 38 heavy (non-hydrogen) atoms. The maximum Gasteiger partial charge on any atom is 0.146 e.